The van der Waals surface area contributed by atoms with E-state index in [1.807, 2.05) is 0 Å². The number of rotatable bonds is 10. The predicted octanol–water partition coefficient (Wildman–Crippen LogP) is 2.45. The van der Waals surface area contributed by atoms with Crippen molar-refractivity contribution in [2.75, 3.05) is 37.0 Å². The molecule has 0 atom stereocenters. The Labute approximate surface area is 176 Å². The van der Waals surface area contributed by atoms with E-state index >= 15 is 0 Å². The van der Waals surface area contributed by atoms with Crippen LogP contribution in [0.5, 0.6) is 0 Å². The lowest BCUT2D eigenvalue weighted by Gasteiger charge is -2.22. The van der Waals surface area contributed by atoms with E-state index in [-0.39, 0.29) is 42.5 Å². The molecular weight excluding hydrogens is 423 g/mol. The summed E-state index contributed by atoms with van der Waals surface area (Å²) in [5.41, 5.74) is 0.253. The Morgan fingerprint density at radius 3 is 2.72 bits per heavy atom. The van der Waals surface area contributed by atoms with Gasteiger partial charge in [0.1, 0.15) is 12.4 Å². The first-order chi connectivity index (χ1) is 13.9. The van der Waals surface area contributed by atoms with Crippen molar-refractivity contribution in [2.24, 2.45) is 0 Å². The van der Waals surface area contributed by atoms with Gasteiger partial charge >= 0.3 is 0 Å². The number of carbonyl (C=O) groups is 3. The highest BCUT2D eigenvalue weighted by Crippen LogP contribution is 2.23. The predicted molar refractivity (Wildman–Crippen MR) is 109 cm³/mol. The number of hydrogen-bond acceptors (Lipinski definition) is 6. The Morgan fingerprint density at radius 2 is 2.07 bits per heavy atom. The summed E-state index contributed by atoms with van der Waals surface area (Å²) in [6.07, 6.45) is 1.29. The summed E-state index contributed by atoms with van der Waals surface area (Å²) < 4.78 is 18.3. The standard InChI is InChI=1S/C18H20ClFN4O4S/c1-28-8-6-21-16(26)11-24(12-2-3-14(20)13(19)10-12)17(27)5-4-15(25)23-18-22-7-9-29-18/h2-3,7,9-10H,4-6,8,11H2,1H3,(H,21,26)(H,22,23,25). The molecular formula is C18H20ClFN4O4S. The highest BCUT2D eigenvalue weighted by atomic mass is 35.5. The van der Waals surface area contributed by atoms with Crippen LogP contribution in [0, 0.1) is 5.82 Å². The highest BCUT2D eigenvalue weighted by Gasteiger charge is 2.21. The smallest absolute Gasteiger partial charge is 0.240 e. The summed E-state index contributed by atoms with van der Waals surface area (Å²) in [7, 11) is 1.50. The molecule has 29 heavy (non-hydrogen) atoms. The molecule has 11 heteroatoms. The summed E-state index contributed by atoms with van der Waals surface area (Å²) in [6.45, 7) is 0.287. The second kappa shape index (κ2) is 11.4. The first-order valence-corrected chi connectivity index (χ1v) is 9.87. The zero-order valence-corrected chi connectivity index (χ0v) is 17.2. The van der Waals surface area contributed by atoms with E-state index in [1.165, 1.54) is 30.6 Å². The van der Waals surface area contributed by atoms with Gasteiger partial charge in [-0.1, -0.05) is 11.6 Å². The van der Waals surface area contributed by atoms with Crippen molar-refractivity contribution in [3.8, 4) is 0 Å². The van der Waals surface area contributed by atoms with Gasteiger partial charge < -0.3 is 20.3 Å². The van der Waals surface area contributed by atoms with Crippen molar-refractivity contribution in [3.05, 3.63) is 40.6 Å². The van der Waals surface area contributed by atoms with Gasteiger partial charge in [0, 0.05) is 43.8 Å². The van der Waals surface area contributed by atoms with Crippen LogP contribution < -0.4 is 15.5 Å². The molecule has 1 aromatic carbocycles. The second-order valence-electron chi connectivity index (χ2n) is 5.81. The van der Waals surface area contributed by atoms with Gasteiger partial charge in [-0.25, -0.2) is 9.37 Å². The molecule has 8 nitrogen and oxygen atoms in total. The minimum absolute atomic E-state index is 0.102. The quantitative estimate of drug-likeness (QED) is 0.550. The molecule has 156 valence electrons. The third-order valence-electron chi connectivity index (χ3n) is 3.69. The Morgan fingerprint density at radius 1 is 1.28 bits per heavy atom. The SMILES string of the molecule is COCCNC(=O)CN(C(=O)CCC(=O)Nc1nccs1)c1ccc(F)c(Cl)c1. The largest absolute Gasteiger partial charge is 0.383 e. The van der Waals surface area contributed by atoms with Crippen LogP contribution in [0.4, 0.5) is 15.2 Å². The topological polar surface area (TPSA) is 101 Å². The summed E-state index contributed by atoms with van der Waals surface area (Å²) in [4.78, 5) is 41.9. The molecule has 1 aromatic heterocycles. The number of nitrogens with one attached hydrogen (secondary N) is 2. The minimum Gasteiger partial charge on any atom is -0.383 e. The number of thiazole rings is 1. The van der Waals surface area contributed by atoms with E-state index in [4.69, 9.17) is 16.3 Å². The maximum atomic E-state index is 13.5. The van der Waals surface area contributed by atoms with Crippen LogP contribution in [-0.4, -0.2) is 49.5 Å². The van der Waals surface area contributed by atoms with E-state index in [1.54, 1.807) is 11.6 Å². The first kappa shape index (κ1) is 22.7. The zero-order valence-electron chi connectivity index (χ0n) is 15.6. The number of carbonyl (C=O) groups excluding carboxylic acids is 3. The molecule has 0 aliphatic rings. The number of methoxy groups -OCH3 is 1. The Bertz CT molecular complexity index is 850. The maximum Gasteiger partial charge on any atom is 0.240 e. The Hall–Kier alpha value is -2.56. The third-order valence-corrected chi connectivity index (χ3v) is 4.67. The molecule has 2 rings (SSSR count). The van der Waals surface area contributed by atoms with Crippen LogP contribution in [0.2, 0.25) is 5.02 Å². The van der Waals surface area contributed by atoms with Crippen LogP contribution in [0.25, 0.3) is 0 Å². The lowest BCUT2D eigenvalue weighted by molar-refractivity contribution is -0.125. The van der Waals surface area contributed by atoms with Crippen molar-refractivity contribution < 1.29 is 23.5 Å². The van der Waals surface area contributed by atoms with Gasteiger partial charge in [0.05, 0.1) is 11.6 Å². The molecule has 0 saturated carbocycles. The number of hydrogen-bond donors (Lipinski definition) is 2. The van der Waals surface area contributed by atoms with Crippen LogP contribution >= 0.6 is 22.9 Å². The van der Waals surface area contributed by atoms with E-state index in [0.717, 1.165) is 11.0 Å². The molecule has 0 aliphatic carbocycles. The third kappa shape index (κ3) is 7.41. The molecule has 0 fully saturated rings. The molecule has 0 saturated heterocycles. The van der Waals surface area contributed by atoms with Gasteiger partial charge in [-0.15, -0.1) is 11.3 Å². The Kier molecular flexibility index (Phi) is 8.97. The van der Waals surface area contributed by atoms with Gasteiger partial charge in [0.15, 0.2) is 5.13 Å². The molecule has 0 unspecified atom stereocenters. The number of aromatic nitrogens is 1. The second-order valence-corrected chi connectivity index (χ2v) is 7.11. The number of amides is 3. The van der Waals surface area contributed by atoms with Crippen molar-refractivity contribution >= 4 is 51.5 Å². The van der Waals surface area contributed by atoms with E-state index < -0.39 is 17.6 Å². The van der Waals surface area contributed by atoms with Gasteiger partial charge in [0.25, 0.3) is 0 Å². The fraction of sp³-hybridized carbons (Fsp3) is 0.333. The molecule has 0 bridgehead atoms. The van der Waals surface area contributed by atoms with Crippen molar-refractivity contribution in [1.82, 2.24) is 10.3 Å². The van der Waals surface area contributed by atoms with Crippen molar-refractivity contribution in [3.63, 3.8) is 0 Å². The van der Waals surface area contributed by atoms with Crippen molar-refractivity contribution in [2.45, 2.75) is 12.8 Å². The first-order valence-electron chi connectivity index (χ1n) is 8.61. The summed E-state index contributed by atoms with van der Waals surface area (Å²) in [6, 6.07) is 3.71. The van der Waals surface area contributed by atoms with E-state index in [2.05, 4.69) is 15.6 Å². The lowest BCUT2D eigenvalue weighted by atomic mass is 10.2. The molecule has 2 N–H and O–H groups in total. The van der Waals surface area contributed by atoms with Gasteiger partial charge in [-0.3, -0.25) is 14.4 Å². The lowest BCUT2D eigenvalue weighted by Crippen LogP contribution is -2.42. The van der Waals surface area contributed by atoms with Crippen LogP contribution in [0.3, 0.4) is 0 Å². The summed E-state index contributed by atoms with van der Waals surface area (Å²) in [5.74, 6) is -1.93. The molecule has 0 radical (unpaired) electrons. The van der Waals surface area contributed by atoms with Crippen LogP contribution in [0.15, 0.2) is 29.8 Å². The van der Waals surface area contributed by atoms with Crippen molar-refractivity contribution in [1.29, 1.82) is 0 Å². The van der Waals surface area contributed by atoms with E-state index in [9.17, 15) is 18.8 Å². The maximum absolute atomic E-state index is 13.5. The summed E-state index contributed by atoms with van der Waals surface area (Å²) >= 11 is 7.07. The fourth-order valence-electron chi connectivity index (χ4n) is 2.29. The zero-order chi connectivity index (χ0) is 21.2. The minimum atomic E-state index is -0.643. The fourth-order valence-corrected chi connectivity index (χ4v) is 3.01. The molecule has 0 aliphatic heterocycles. The number of anilines is 2. The number of halogens is 2. The van der Waals surface area contributed by atoms with Crippen LogP contribution in [0.1, 0.15) is 12.8 Å². The number of nitrogens with zero attached hydrogens (tertiary/aromatic N) is 2. The number of ether oxygens (including phenoxy) is 1. The number of benzene rings is 1. The van der Waals surface area contributed by atoms with E-state index in [0.29, 0.717) is 11.7 Å². The van der Waals surface area contributed by atoms with Gasteiger partial charge in [-0.2, -0.15) is 0 Å². The molecule has 3 amide bonds. The van der Waals surface area contributed by atoms with Crippen LogP contribution in [-0.2, 0) is 19.1 Å². The normalized spacial score (nSPS) is 10.4. The van der Waals surface area contributed by atoms with Gasteiger partial charge in [-0.05, 0) is 18.2 Å². The molecule has 2 aromatic rings. The Balaban J connectivity index is 2.04. The molecule has 1 heterocycles. The average molecular weight is 443 g/mol. The molecule has 0 spiro atoms. The average Bonchev–Trinajstić information content (AvgIpc) is 3.19. The van der Waals surface area contributed by atoms with Gasteiger partial charge in [0.2, 0.25) is 17.7 Å². The highest BCUT2D eigenvalue weighted by molar-refractivity contribution is 7.13. The monoisotopic (exact) mass is 442 g/mol. The summed E-state index contributed by atoms with van der Waals surface area (Å²) in [5, 5.41) is 7.15.